The van der Waals surface area contributed by atoms with Gasteiger partial charge in [-0.25, -0.2) is 13.1 Å². The Morgan fingerprint density at radius 1 is 1.23 bits per heavy atom. The first-order chi connectivity index (χ1) is 12.3. The highest BCUT2D eigenvalue weighted by atomic mass is 32.2. The Kier molecular flexibility index (Phi) is 7.65. The van der Waals surface area contributed by atoms with Crippen LogP contribution in [0, 0.1) is 19.8 Å². The van der Waals surface area contributed by atoms with Crippen LogP contribution in [0.4, 0.5) is 0 Å². The van der Waals surface area contributed by atoms with Gasteiger partial charge in [-0.3, -0.25) is 4.79 Å². The molecular weight excluding hydrogens is 348 g/mol. The van der Waals surface area contributed by atoms with Crippen molar-refractivity contribution in [2.75, 3.05) is 6.54 Å². The molecule has 6 heteroatoms. The van der Waals surface area contributed by atoms with Gasteiger partial charge in [0, 0.05) is 19.0 Å². The van der Waals surface area contributed by atoms with Gasteiger partial charge in [0.1, 0.15) is 0 Å². The zero-order chi connectivity index (χ0) is 19.2. The second-order valence-electron chi connectivity index (χ2n) is 7.42. The smallest absolute Gasteiger partial charge is 0.240 e. The largest absolute Gasteiger partial charge is 0.353 e. The van der Waals surface area contributed by atoms with Crippen LogP contribution >= 0.6 is 0 Å². The lowest BCUT2D eigenvalue weighted by Crippen LogP contribution is -2.39. The van der Waals surface area contributed by atoms with E-state index in [1.165, 1.54) is 32.1 Å². The zero-order valence-corrected chi connectivity index (χ0v) is 17.0. The summed E-state index contributed by atoms with van der Waals surface area (Å²) >= 11 is 0. The molecule has 1 aliphatic carbocycles. The molecule has 2 unspecified atom stereocenters. The van der Waals surface area contributed by atoms with Gasteiger partial charge >= 0.3 is 0 Å². The molecule has 1 aromatic rings. The zero-order valence-electron chi connectivity index (χ0n) is 16.2. The van der Waals surface area contributed by atoms with Gasteiger partial charge < -0.3 is 5.32 Å². The summed E-state index contributed by atoms with van der Waals surface area (Å²) in [7, 11) is -3.58. The maximum atomic E-state index is 12.4. The standard InChI is InChI=1S/C20H32N2O3S/c1-4-5-7-17-8-6-9-18(17)22-20(23)12-13-21-26(24,25)19-11-10-15(2)14-16(19)3/h10-11,14,17-18,21H,4-9,12-13H2,1-3H3,(H,22,23). The van der Waals surface area contributed by atoms with Crippen molar-refractivity contribution in [3.05, 3.63) is 29.3 Å². The van der Waals surface area contributed by atoms with Crippen molar-refractivity contribution in [1.82, 2.24) is 10.0 Å². The lowest BCUT2D eigenvalue weighted by Gasteiger charge is -2.21. The highest BCUT2D eigenvalue weighted by Gasteiger charge is 2.27. The van der Waals surface area contributed by atoms with Crippen molar-refractivity contribution in [2.45, 2.75) is 76.7 Å². The Morgan fingerprint density at radius 2 is 2.00 bits per heavy atom. The van der Waals surface area contributed by atoms with Gasteiger partial charge in [0.15, 0.2) is 0 Å². The van der Waals surface area contributed by atoms with E-state index in [-0.39, 0.29) is 29.8 Å². The molecule has 26 heavy (non-hydrogen) atoms. The van der Waals surface area contributed by atoms with E-state index in [0.29, 0.717) is 11.5 Å². The van der Waals surface area contributed by atoms with E-state index in [2.05, 4.69) is 17.0 Å². The number of nitrogens with one attached hydrogen (secondary N) is 2. The molecule has 0 spiro atoms. The summed E-state index contributed by atoms with van der Waals surface area (Å²) in [5.41, 5.74) is 1.74. The lowest BCUT2D eigenvalue weighted by atomic mass is 9.97. The topological polar surface area (TPSA) is 75.3 Å². The normalized spacial score (nSPS) is 20.3. The van der Waals surface area contributed by atoms with Gasteiger partial charge in [0.25, 0.3) is 0 Å². The molecule has 0 aromatic heterocycles. The minimum absolute atomic E-state index is 0.0678. The number of hydrogen-bond donors (Lipinski definition) is 2. The van der Waals surface area contributed by atoms with Gasteiger partial charge in [0.05, 0.1) is 4.90 Å². The summed E-state index contributed by atoms with van der Waals surface area (Å²) in [4.78, 5) is 12.5. The Hall–Kier alpha value is -1.40. The highest BCUT2D eigenvalue weighted by molar-refractivity contribution is 7.89. The van der Waals surface area contributed by atoms with Crippen LogP contribution in [0.3, 0.4) is 0 Å². The first-order valence-corrected chi connectivity index (χ1v) is 11.2. The molecule has 0 bridgehead atoms. The molecule has 2 N–H and O–H groups in total. The van der Waals surface area contributed by atoms with Crippen LogP contribution < -0.4 is 10.0 Å². The average Bonchev–Trinajstić information content (AvgIpc) is 2.99. The van der Waals surface area contributed by atoms with Gasteiger partial charge in [-0.05, 0) is 50.7 Å². The monoisotopic (exact) mass is 380 g/mol. The maximum absolute atomic E-state index is 12.4. The van der Waals surface area contributed by atoms with E-state index in [4.69, 9.17) is 0 Å². The van der Waals surface area contributed by atoms with E-state index in [1.807, 2.05) is 13.0 Å². The summed E-state index contributed by atoms with van der Waals surface area (Å²) in [5.74, 6) is 0.507. The molecule has 0 radical (unpaired) electrons. The molecule has 1 saturated carbocycles. The first kappa shape index (κ1) is 20.9. The quantitative estimate of drug-likeness (QED) is 0.689. The minimum Gasteiger partial charge on any atom is -0.353 e. The van der Waals surface area contributed by atoms with Crippen LogP contribution in [-0.4, -0.2) is 26.9 Å². The van der Waals surface area contributed by atoms with Crippen molar-refractivity contribution < 1.29 is 13.2 Å². The van der Waals surface area contributed by atoms with Crippen LogP contribution in [0.5, 0.6) is 0 Å². The Morgan fingerprint density at radius 3 is 2.69 bits per heavy atom. The van der Waals surface area contributed by atoms with Gasteiger partial charge in [-0.2, -0.15) is 0 Å². The number of aryl methyl sites for hydroxylation is 2. The van der Waals surface area contributed by atoms with Crippen LogP contribution in [0.15, 0.2) is 23.1 Å². The van der Waals surface area contributed by atoms with Crippen molar-refractivity contribution in [3.8, 4) is 0 Å². The predicted molar refractivity (Wildman–Crippen MR) is 105 cm³/mol. The summed E-state index contributed by atoms with van der Waals surface area (Å²) in [6.07, 6.45) is 7.10. The van der Waals surface area contributed by atoms with Crippen molar-refractivity contribution >= 4 is 15.9 Å². The van der Waals surface area contributed by atoms with E-state index in [1.54, 1.807) is 19.1 Å². The Bertz CT molecular complexity index is 716. The summed E-state index contributed by atoms with van der Waals surface area (Å²) < 4.78 is 27.4. The number of unbranched alkanes of at least 4 members (excludes halogenated alkanes) is 1. The van der Waals surface area contributed by atoms with E-state index in [9.17, 15) is 13.2 Å². The second-order valence-corrected chi connectivity index (χ2v) is 9.16. The third-order valence-electron chi connectivity index (χ3n) is 5.20. The van der Waals surface area contributed by atoms with Crippen molar-refractivity contribution in [2.24, 2.45) is 5.92 Å². The number of sulfonamides is 1. The molecular formula is C20H32N2O3S. The molecule has 0 aliphatic heterocycles. The van der Waals surface area contributed by atoms with E-state index < -0.39 is 10.0 Å². The molecule has 0 heterocycles. The second kappa shape index (κ2) is 9.51. The molecule has 1 aliphatic rings. The highest BCUT2D eigenvalue weighted by Crippen LogP contribution is 2.29. The molecule has 2 rings (SSSR count). The third-order valence-corrected chi connectivity index (χ3v) is 6.82. The van der Waals surface area contributed by atoms with Gasteiger partial charge in [-0.15, -0.1) is 0 Å². The molecule has 0 saturated heterocycles. The fourth-order valence-electron chi connectivity index (χ4n) is 3.80. The number of carbonyl (C=O) groups is 1. The molecule has 1 aromatic carbocycles. The minimum atomic E-state index is -3.58. The van der Waals surface area contributed by atoms with E-state index in [0.717, 1.165) is 12.0 Å². The Balaban J connectivity index is 1.82. The van der Waals surface area contributed by atoms with E-state index >= 15 is 0 Å². The molecule has 146 valence electrons. The van der Waals surface area contributed by atoms with Gasteiger partial charge in [0.2, 0.25) is 15.9 Å². The molecule has 2 atom stereocenters. The maximum Gasteiger partial charge on any atom is 0.240 e. The van der Waals surface area contributed by atoms with Crippen molar-refractivity contribution in [1.29, 1.82) is 0 Å². The van der Waals surface area contributed by atoms with Crippen LogP contribution in [0.1, 0.15) is 63.0 Å². The summed E-state index contributed by atoms with van der Waals surface area (Å²) in [6, 6.07) is 5.50. The molecule has 1 fully saturated rings. The predicted octanol–water partition coefficient (Wildman–Crippen LogP) is 3.45. The third kappa shape index (κ3) is 5.81. The van der Waals surface area contributed by atoms with Crippen LogP contribution in [0.25, 0.3) is 0 Å². The number of carbonyl (C=O) groups excluding carboxylic acids is 1. The average molecular weight is 381 g/mol. The SMILES string of the molecule is CCCCC1CCCC1NC(=O)CCNS(=O)(=O)c1ccc(C)cc1C. The number of benzene rings is 1. The fraction of sp³-hybridized carbons (Fsp3) is 0.650. The van der Waals surface area contributed by atoms with Crippen molar-refractivity contribution in [3.63, 3.8) is 0 Å². The molecule has 1 amide bonds. The number of hydrogen-bond acceptors (Lipinski definition) is 3. The number of rotatable bonds is 9. The lowest BCUT2D eigenvalue weighted by molar-refractivity contribution is -0.121. The molecule has 5 nitrogen and oxygen atoms in total. The van der Waals surface area contributed by atoms with Gasteiger partial charge in [-0.1, -0.05) is 43.9 Å². The summed E-state index contributed by atoms with van der Waals surface area (Å²) in [5, 5.41) is 3.11. The van der Waals surface area contributed by atoms with Crippen LogP contribution in [-0.2, 0) is 14.8 Å². The van der Waals surface area contributed by atoms with Crippen LogP contribution in [0.2, 0.25) is 0 Å². The summed E-state index contributed by atoms with van der Waals surface area (Å²) in [6.45, 7) is 6.01. The Labute approximate surface area is 158 Å². The number of amides is 1. The fourth-order valence-corrected chi connectivity index (χ4v) is 5.05. The first-order valence-electron chi connectivity index (χ1n) is 9.69.